The zero-order valence-corrected chi connectivity index (χ0v) is 6.33. The molecular formula is C5H4ClN2S. The maximum atomic E-state index is 5.41. The van der Waals surface area contributed by atoms with Gasteiger partial charge in [0.2, 0.25) is 5.28 Å². The third kappa shape index (κ3) is 1.84. The van der Waals surface area contributed by atoms with Crippen LogP contribution in [0.5, 0.6) is 0 Å². The molecule has 0 N–H and O–H groups in total. The van der Waals surface area contributed by atoms with Crippen LogP contribution < -0.4 is 0 Å². The minimum Gasteiger partial charge on any atom is -0.225 e. The van der Waals surface area contributed by atoms with Crippen molar-refractivity contribution < 1.29 is 0 Å². The van der Waals surface area contributed by atoms with Crippen LogP contribution in [0, 0.1) is 6.20 Å². The van der Waals surface area contributed by atoms with Gasteiger partial charge in [0.25, 0.3) is 0 Å². The monoisotopic (exact) mass is 159 g/mol. The quantitative estimate of drug-likeness (QED) is 0.461. The maximum Gasteiger partial charge on any atom is 0.223 e. The van der Waals surface area contributed by atoms with Gasteiger partial charge in [-0.1, -0.05) is 0 Å². The summed E-state index contributed by atoms with van der Waals surface area (Å²) in [5.41, 5.74) is 0. The summed E-state index contributed by atoms with van der Waals surface area (Å²) in [4.78, 5) is 8.31. The van der Waals surface area contributed by atoms with Crippen molar-refractivity contribution in [3.8, 4) is 0 Å². The van der Waals surface area contributed by atoms with Crippen LogP contribution in [0.2, 0.25) is 5.28 Å². The summed E-state index contributed by atoms with van der Waals surface area (Å²) in [5, 5.41) is 0.243. The molecule has 1 aromatic rings. The normalized spacial score (nSPS) is 9.56. The van der Waals surface area contributed by atoms with E-state index >= 15 is 0 Å². The van der Waals surface area contributed by atoms with Crippen LogP contribution in [0.3, 0.4) is 0 Å². The van der Waals surface area contributed by atoms with Crippen LogP contribution in [-0.4, -0.2) is 16.2 Å². The number of thioether (sulfide) groups is 1. The Hall–Kier alpha value is -0.280. The van der Waals surface area contributed by atoms with Crippen molar-refractivity contribution in [1.29, 1.82) is 0 Å². The van der Waals surface area contributed by atoms with Gasteiger partial charge in [-0.25, -0.2) is 9.97 Å². The van der Waals surface area contributed by atoms with Crippen molar-refractivity contribution in [2.24, 2.45) is 0 Å². The molecule has 0 aliphatic heterocycles. The Kier molecular flexibility index (Phi) is 2.30. The van der Waals surface area contributed by atoms with Crippen molar-refractivity contribution in [2.75, 3.05) is 6.26 Å². The van der Waals surface area contributed by atoms with E-state index in [0.29, 0.717) is 0 Å². The van der Waals surface area contributed by atoms with E-state index < -0.39 is 0 Å². The van der Waals surface area contributed by atoms with Gasteiger partial charge in [-0.3, -0.25) is 0 Å². The lowest BCUT2D eigenvalue weighted by molar-refractivity contribution is 1.09. The molecular weight excluding hydrogens is 156 g/mol. The molecule has 0 saturated carbocycles. The SMILES string of the molecule is CSc1[c]nc(Cl)nc1. The molecule has 2 nitrogen and oxygen atoms in total. The fourth-order valence-electron chi connectivity index (χ4n) is 0.369. The molecule has 0 amide bonds. The molecule has 1 aromatic heterocycles. The van der Waals surface area contributed by atoms with Crippen LogP contribution >= 0.6 is 23.4 Å². The van der Waals surface area contributed by atoms with Crippen molar-refractivity contribution in [1.82, 2.24) is 9.97 Å². The lowest BCUT2D eigenvalue weighted by Gasteiger charge is -1.89. The molecule has 0 saturated heterocycles. The molecule has 4 heteroatoms. The Labute approximate surface area is 62.7 Å². The predicted molar refractivity (Wildman–Crippen MR) is 37.7 cm³/mol. The third-order valence-corrected chi connectivity index (χ3v) is 1.59. The van der Waals surface area contributed by atoms with Crippen LogP contribution in [0.25, 0.3) is 0 Å². The van der Waals surface area contributed by atoms with Gasteiger partial charge in [0.05, 0.1) is 4.90 Å². The highest BCUT2D eigenvalue weighted by molar-refractivity contribution is 7.98. The summed E-state index contributed by atoms with van der Waals surface area (Å²) >= 11 is 6.94. The van der Waals surface area contributed by atoms with Crippen LogP contribution in [0.15, 0.2) is 11.1 Å². The zero-order chi connectivity index (χ0) is 6.69. The van der Waals surface area contributed by atoms with Gasteiger partial charge in [0.15, 0.2) is 0 Å². The Morgan fingerprint density at radius 1 is 1.78 bits per heavy atom. The fraction of sp³-hybridized carbons (Fsp3) is 0.200. The van der Waals surface area contributed by atoms with Crippen LogP contribution in [0.4, 0.5) is 0 Å². The molecule has 0 fully saturated rings. The standard InChI is InChI=1S/C5H4ClN2S/c1-9-4-2-7-5(6)8-3-4/h2H,1H3. The Balaban J connectivity index is 2.88. The second-order valence-electron chi connectivity index (χ2n) is 1.32. The molecule has 1 radical (unpaired) electrons. The summed E-state index contributed by atoms with van der Waals surface area (Å²) in [6.45, 7) is 0. The lowest BCUT2D eigenvalue weighted by Crippen LogP contribution is -1.80. The second-order valence-corrected chi connectivity index (χ2v) is 2.51. The second kappa shape index (κ2) is 3.03. The van der Waals surface area contributed by atoms with Gasteiger partial charge in [0.1, 0.15) is 6.20 Å². The van der Waals surface area contributed by atoms with Crippen molar-refractivity contribution in [3.05, 3.63) is 17.7 Å². The molecule has 0 aromatic carbocycles. The first kappa shape index (κ1) is 6.83. The van der Waals surface area contributed by atoms with Gasteiger partial charge >= 0.3 is 0 Å². The van der Waals surface area contributed by atoms with E-state index in [9.17, 15) is 0 Å². The van der Waals surface area contributed by atoms with E-state index in [2.05, 4.69) is 16.2 Å². The van der Waals surface area contributed by atoms with Gasteiger partial charge in [0, 0.05) is 6.20 Å². The lowest BCUT2D eigenvalue weighted by atomic mass is 10.7. The van der Waals surface area contributed by atoms with E-state index in [-0.39, 0.29) is 5.28 Å². The predicted octanol–water partition coefficient (Wildman–Crippen LogP) is 1.65. The summed E-state index contributed by atoms with van der Waals surface area (Å²) in [5.74, 6) is 0. The van der Waals surface area contributed by atoms with Gasteiger partial charge in [-0.15, -0.1) is 11.8 Å². The molecule has 47 valence electrons. The van der Waals surface area contributed by atoms with Crippen molar-refractivity contribution >= 4 is 23.4 Å². The highest BCUT2D eigenvalue weighted by Gasteiger charge is 1.90. The van der Waals surface area contributed by atoms with Gasteiger partial charge < -0.3 is 0 Å². The molecule has 1 heterocycles. The van der Waals surface area contributed by atoms with Gasteiger partial charge in [-0.2, -0.15) is 0 Å². The molecule has 1 rings (SSSR count). The first-order valence-electron chi connectivity index (χ1n) is 2.27. The summed E-state index contributed by atoms with van der Waals surface area (Å²) in [6, 6.07) is 0. The average Bonchev–Trinajstić information content (AvgIpc) is 1.90. The van der Waals surface area contributed by atoms with E-state index in [1.807, 2.05) is 6.26 Å². The molecule has 0 unspecified atom stereocenters. The largest absolute Gasteiger partial charge is 0.225 e. The molecule has 0 bridgehead atoms. The van der Waals surface area contributed by atoms with E-state index in [4.69, 9.17) is 11.6 Å². The summed E-state index contributed by atoms with van der Waals surface area (Å²) in [6.07, 6.45) is 6.28. The Bertz CT molecular complexity index is 187. The topological polar surface area (TPSA) is 25.8 Å². The Morgan fingerprint density at radius 3 is 3.00 bits per heavy atom. The zero-order valence-electron chi connectivity index (χ0n) is 4.76. The highest BCUT2D eigenvalue weighted by atomic mass is 35.5. The number of rotatable bonds is 1. The number of nitrogens with zero attached hydrogens (tertiary/aromatic N) is 2. The summed E-state index contributed by atoms with van der Waals surface area (Å²) < 4.78 is 0. The molecule has 9 heavy (non-hydrogen) atoms. The smallest absolute Gasteiger partial charge is 0.223 e. The summed E-state index contributed by atoms with van der Waals surface area (Å²) in [7, 11) is 0. The van der Waals surface area contributed by atoms with Crippen molar-refractivity contribution in [2.45, 2.75) is 4.90 Å². The average molecular weight is 160 g/mol. The van der Waals surface area contributed by atoms with Crippen molar-refractivity contribution in [3.63, 3.8) is 0 Å². The number of halogens is 1. The molecule has 0 spiro atoms. The third-order valence-electron chi connectivity index (χ3n) is 0.767. The van der Waals surface area contributed by atoms with Crippen LogP contribution in [-0.2, 0) is 0 Å². The van der Waals surface area contributed by atoms with Crippen LogP contribution in [0.1, 0.15) is 0 Å². The maximum absolute atomic E-state index is 5.41. The van der Waals surface area contributed by atoms with Gasteiger partial charge in [-0.05, 0) is 17.9 Å². The van der Waals surface area contributed by atoms with E-state index in [1.54, 1.807) is 6.20 Å². The van der Waals surface area contributed by atoms with E-state index in [1.165, 1.54) is 11.8 Å². The number of aromatic nitrogens is 2. The first-order valence-corrected chi connectivity index (χ1v) is 3.87. The van der Waals surface area contributed by atoms with E-state index in [0.717, 1.165) is 4.90 Å². The molecule has 0 aliphatic carbocycles. The molecule has 0 atom stereocenters. The minimum atomic E-state index is 0.243. The minimum absolute atomic E-state index is 0.243. The molecule has 0 aliphatic rings. The highest BCUT2D eigenvalue weighted by Crippen LogP contribution is 2.10. The number of hydrogen-bond donors (Lipinski definition) is 0. The first-order chi connectivity index (χ1) is 4.33. The Morgan fingerprint density at radius 2 is 2.56 bits per heavy atom. The fourth-order valence-corrected chi connectivity index (χ4v) is 0.755. The number of hydrogen-bond acceptors (Lipinski definition) is 3.